The molecule has 0 saturated heterocycles. The molecule has 3 nitrogen and oxygen atoms in total. The van der Waals surface area contributed by atoms with E-state index < -0.39 is 0 Å². The maximum atomic E-state index is 9.12. The Kier molecular flexibility index (Phi) is 3.80. The highest BCUT2D eigenvalue weighted by atomic mass is 16.5. The zero-order valence-electron chi connectivity index (χ0n) is 9.48. The van der Waals surface area contributed by atoms with E-state index in [0.29, 0.717) is 13.2 Å². The molecule has 0 bridgehead atoms. The van der Waals surface area contributed by atoms with E-state index in [1.165, 1.54) is 0 Å². The lowest BCUT2D eigenvalue weighted by molar-refractivity contribution is 0.204. The third-order valence-electron chi connectivity index (χ3n) is 3.08. The Labute approximate surface area is 96.4 Å². The zero-order chi connectivity index (χ0) is 11.3. The fourth-order valence-electron chi connectivity index (χ4n) is 1.68. The van der Waals surface area contributed by atoms with Crippen molar-refractivity contribution in [3.05, 3.63) is 30.3 Å². The Morgan fingerprint density at radius 2 is 2.00 bits per heavy atom. The lowest BCUT2D eigenvalue weighted by atomic mass is 10.1. The molecule has 0 unspecified atom stereocenters. The summed E-state index contributed by atoms with van der Waals surface area (Å²) in [5, 5.41) is 12.4. The molecule has 1 aliphatic carbocycles. The summed E-state index contributed by atoms with van der Waals surface area (Å²) in [5.41, 5.74) is 0.187. The van der Waals surface area contributed by atoms with E-state index in [1.807, 2.05) is 30.3 Å². The number of nitrogens with one attached hydrogen (secondary N) is 1. The largest absolute Gasteiger partial charge is 0.492 e. The number of rotatable bonds is 7. The van der Waals surface area contributed by atoms with Crippen LogP contribution in [0.3, 0.4) is 0 Å². The highest BCUT2D eigenvalue weighted by molar-refractivity contribution is 5.20. The fraction of sp³-hybridized carbons (Fsp3) is 0.538. The average Bonchev–Trinajstić information content (AvgIpc) is 3.11. The summed E-state index contributed by atoms with van der Waals surface area (Å²) in [6, 6.07) is 9.82. The number of hydrogen-bond donors (Lipinski definition) is 2. The van der Waals surface area contributed by atoms with Gasteiger partial charge in [0.1, 0.15) is 12.4 Å². The highest BCUT2D eigenvalue weighted by Gasteiger charge is 2.41. The smallest absolute Gasteiger partial charge is 0.119 e. The standard InChI is InChI=1S/C13H19NO2/c15-11-13(6-7-13)10-14-8-9-16-12-4-2-1-3-5-12/h1-5,14-15H,6-11H2. The number of hydrogen-bond acceptors (Lipinski definition) is 3. The monoisotopic (exact) mass is 221 g/mol. The average molecular weight is 221 g/mol. The van der Waals surface area contributed by atoms with Gasteiger partial charge in [-0.1, -0.05) is 18.2 Å². The molecule has 0 radical (unpaired) electrons. The Hall–Kier alpha value is -1.06. The number of aliphatic hydroxyl groups excluding tert-OH is 1. The van der Waals surface area contributed by atoms with Gasteiger partial charge in [-0.25, -0.2) is 0 Å². The lowest BCUT2D eigenvalue weighted by Crippen LogP contribution is -2.29. The van der Waals surface area contributed by atoms with Crippen LogP contribution in [0.4, 0.5) is 0 Å². The summed E-state index contributed by atoms with van der Waals surface area (Å²) in [5.74, 6) is 0.910. The zero-order valence-corrected chi connectivity index (χ0v) is 9.48. The van der Waals surface area contributed by atoms with Gasteiger partial charge in [-0.3, -0.25) is 0 Å². The number of aliphatic hydroxyl groups is 1. The van der Waals surface area contributed by atoms with Gasteiger partial charge in [0, 0.05) is 25.1 Å². The van der Waals surface area contributed by atoms with Crippen molar-refractivity contribution in [2.24, 2.45) is 5.41 Å². The maximum absolute atomic E-state index is 9.12. The van der Waals surface area contributed by atoms with Crippen LogP contribution >= 0.6 is 0 Å². The van der Waals surface area contributed by atoms with Crippen molar-refractivity contribution < 1.29 is 9.84 Å². The van der Waals surface area contributed by atoms with Crippen LogP contribution in [0.2, 0.25) is 0 Å². The summed E-state index contributed by atoms with van der Waals surface area (Å²) < 4.78 is 5.55. The number of para-hydroxylation sites is 1. The molecule has 0 atom stereocenters. The van der Waals surface area contributed by atoms with E-state index in [0.717, 1.165) is 31.7 Å². The van der Waals surface area contributed by atoms with Crippen LogP contribution in [0.5, 0.6) is 5.75 Å². The van der Waals surface area contributed by atoms with Crippen molar-refractivity contribution in [2.75, 3.05) is 26.3 Å². The minimum Gasteiger partial charge on any atom is -0.492 e. The quantitative estimate of drug-likeness (QED) is 0.684. The van der Waals surface area contributed by atoms with Gasteiger partial charge < -0.3 is 15.2 Å². The lowest BCUT2D eigenvalue weighted by Gasteiger charge is -2.12. The van der Waals surface area contributed by atoms with Gasteiger partial charge in [0.25, 0.3) is 0 Å². The first-order valence-electron chi connectivity index (χ1n) is 5.84. The SMILES string of the molecule is OCC1(CNCCOc2ccccc2)CC1. The van der Waals surface area contributed by atoms with Crippen LogP contribution in [0.15, 0.2) is 30.3 Å². The summed E-state index contributed by atoms with van der Waals surface area (Å²) in [6.45, 7) is 2.71. The Balaban J connectivity index is 1.56. The van der Waals surface area contributed by atoms with Crippen LogP contribution in [0.1, 0.15) is 12.8 Å². The second-order valence-corrected chi connectivity index (χ2v) is 4.50. The van der Waals surface area contributed by atoms with E-state index in [1.54, 1.807) is 0 Å². The first-order valence-corrected chi connectivity index (χ1v) is 5.84. The topological polar surface area (TPSA) is 41.5 Å². The Morgan fingerprint density at radius 1 is 1.25 bits per heavy atom. The van der Waals surface area contributed by atoms with E-state index in [-0.39, 0.29) is 5.41 Å². The molecule has 1 aliphatic rings. The van der Waals surface area contributed by atoms with E-state index >= 15 is 0 Å². The van der Waals surface area contributed by atoms with Crippen molar-refractivity contribution in [1.29, 1.82) is 0 Å². The van der Waals surface area contributed by atoms with E-state index in [4.69, 9.17) is 9.84 Å². The van der Waals surface area contributed by atoms with Gasteiger partial charge in [-0.2, -0.15) is 0 Å². The van der Waals surface area contributed by atoms with Crippen molar-refractivity contribution in [1.82, 2.24) is 5.32 Å². The van der Waals surface area contributed by atoms with Gasteiger partial charge in [-0.05, 0) is 25.0 Å². The maximum Gasteiger partial charge on any atom is 0.119 e. The fourth-order valence-corrected chi connectivity index (χ4v) is 1.68. The molecule has 0 heterocycles. The van der Waals surface area contributed by atoms with Crippen LogP contribution < -0.4 is 10.1 Å². The normalized spacial score (nSPS) is 17.1. The molecular weight excluding hydrogens is 202 g/mol. The number of ether oxygens (including phenoxy) is 1. The summed E-state index contributed by atoms with van der Waals surface area (Å²) in [7, 11) is 0. The first kappa shape index (κ1) is 11.4. The molecule has 0 spiro atoms. The van der Waals surface area contributed by atoms with Crippen LogP contribution in [0, 0.1) is 5.41 Å². The summed E-state index contributed by atoms with van der Waals surface area (Å²) >= 11 is 0. The van der Waals surface area contributed by atoms with Crippen molar-refractivity contribution >= 4 is 0 Å². The van der Waals surface area contributed by atoms with Gasteiger partial charge in [0.15, 0.2) is 0 Å². The molecule has 1 fully saturated rings. The first-order chi connectivity index (χ1) is 7.85. The molecule has 16 heavy (non-hydrogen) atoms. The second-order valence-electron chi connectivity index (χ2n) is 4.50. The molecule has 1 saturated carbocycles. The second kappa shape index (κ2) is 5.32. The van der Waals surface area contributed by atoms with Gasteiger partial charge in [0.05, 0.1) is 0 Å². The predicted molar refractivity (Wildman–Crippen MR) is 63.6 cm³/mol. The van der Waals surface area contributed by atoms with Gasteiger partial charge in [-0.15, -0.1) is 0 Å². The highest BCUT2D eigenvalue weighted by Crippen LogP contribution is 2.44. The van der Waals surface area contributed by atoms with Crippen LogP contribution in [0.25, 0.3) is 0 Å². The summed E-state index contributed by atoms with van der Waals surface area (Å²) in [4.78, 5) is 0. The number of benzene rings is 1. The molecule has 0 aromatic heterocycles. The predicted octanol–water partition coefficient (Wildman–Crippen LogP) is 1.43. The molecule has 88 valence electrons. The Morgan fingerprint density at radius 3 is 2.62 bits per heavy atom. The molecule has 1 aromatic carbocycles. The Bertz CT molecular complexity index is 309. The van der Waals surface area contributed by atoms with Crippen LogP contribution in [-0.2, 0) is 0 Å². The third-order valence-corrected chi connectivity index (χ3v) is 3.08. The minimum atomic E-state index is 0.187. The van der Waals surface area contributed by atoms with E-state index in [9.17, 15) is 0 Å². The molecule has 0 aliphatic heterocycles. The molecular formula is C13H19NO2. The molecule has 1 aromatic rings. The third kappa shape index (κ3) is 3.22. The minimum absolute atomic E-state index is 0.187. The molecule has 0 amide bonds. The van der Waals surface area contributed by atoms with Gasteiger partial charge in [0.2, 0.25) is 0 Å². The van der Waals surface area contributed by atoms with Gasteiger partial charge >= 0.3 is 0 Å². The van der Waals surface area contributed by atoms with Crippen molar-refractivity contribution in [3.63, 3.8) is 0 Å². The molecule has 2 rings (SSSR count). The van der Waals surface area contributed by atoms with Crippen molar-refractivity contribution in [3.8, 4) is 5.75 Å². The molecule has 3 heteroatoms. The van der Waals surface area contributed by atoms with E-state index in [2.05, 4.69) is 5.32 Å². The summed E-state index contributed by atoms with van der Waals surface area (Å²) in [6.07, 6.45) is 2.30. The molecule has 2 N–H and O–H groups in total. The van der Waals surface area contributed by atoms with Crippen LogP contribution in [-0.4, -0.2) is 31.4 Å². The van der Waals surface area contributed by atoms with Crippen molar-refractivity contribution in [2.45, 2.75) is 12.8 Å².